The zero-order valence-corrected chi connectivity index (χ0v) is 12.9. The number of hydrogen-bond acceptors (Lipinski definition) is 3. The number of anilines is 1. The van der Waals surface area contributed by atoms with Crippen LogP contribution in [0.2, 0.25) is 0 Å². The maximum Gasteiger partial charge on any atom is 0.418 e. The van der Waals surface area contributed by atoms with E-state index < -0.39 is 17.6 Å². The second-order valence-corrected chi connectivity index (χ2v) is 5.52. The van der Waals surface area contributed by atoms with Crippen molar-refractivity contribution in [3.05, 3.63) is 58.5 Å². The molecule has 0 saturated heterocycles. The van der Waals surface area contributed by atoms with Gasteiger partial charge in [0.25, 0.3) is 5.91 Å². The molecule has 0 aliphatic heterocycles. The first-order valence-corrected chi connectivity index (χ1v) is 7.12. The lowest BCUT2D eigenvalue weighted by Crippen LogP contribution is -2.17. The first kappa shape index (κ1) is 15.5. The molecule has 0 atom stereocenters. The van der Waals surface area contributed by atoms with Gasteiger partial charge in [0.2, 0.25) is 0 Å². The Morgan fingerprint density at radius 3 is 2.74 bits per heavy atom. The van der Waals surface area contributed by atoms with E-state index in [-0.39, 0.29) is 11.4 Å². The fourth-order valence-corrected chi connectivity index (χ4v) is 2.29. The molecule has 1 N–H and O–H groups in total. The highest BCUT2D eigenvalue weighted by Crippen LogP contribution is 2.34. The molecule has 0 unspecified atom stereocenters. The molecule has 118 valence electrons. The number of para-hydroxylation sites is 1. The molecule has 3 aromatic rings. The van der Waals surface area contributed by atoms with Crippen molar-refractivity contribution in [2.75, 3.05) is 5.32 Å². The molecule has 0 saturated carbocycles. The molecule has 0 fully saturated rings. The second kappa shape index (κ2) is 5.65. The Kier molecular flexibility index (Phi) is 3.80. The Morgan fingerprint density at radius 1 is 1.26 bits per heavy atom. The summed E-state index contributed by atoms with van der Waals surface area (Å²) < 4.78 is 40.8. The van der Waals surface area contributed by atoms with E-state index >= 15 is 0 Å². The summed E-state index contributed by atoms with van der Waals surface area (Å²) in [6.45, 7) is 0. The highest BCUT2D eigenvalue weighted by atomic mass is 79.9. The number of halogens is 4. The van der Waals surface area contributed by atoms with Crippen LogP contribution >= 0.6 is 15.9 Å². The largest absolute Gasteiger partial charge is 0.418 e. The standard InChI is InChI=1S/C14H8BrF3N4O/c15-8-6-19-12-5-11(21-22(12)7-8)13(23)20-10-4-2-1-3-9(10)14(16,17)18/h1-7H,(H,20,23). The summed E-state index contributed by atoms with van der Waals surface area (Å²) in [5, 5.41) is 6.23. The molecule has 23 heavy (non-hydrogen) atoms. The first-order valence-electron chi connectivity index (χ1n) is 6.33. The summed E-state index contributed by atoms with van der Waals surface area (Å²) in [7, 11) is 0. The van der Waals surface area contributed by atoms with Gasteiger partial charge in [-0.2, -0.15) is 18.3 Å². The fourth-order valence-electron chi connectivity index (χ4n) is 1.99. The van der Waals surface area contributed by atoms with Gasteiger partial charge < -0.3 is 5.32 Å². The second-order valence-electron chi connectivity index (χ2n) is 4.60. The Labute approximate surface area is 136 Å². The van der Waals surface area contributed by atoms with Gasteiger partial charge in [0.05, 0.1) is 15.7 Å². The van der Waals surface area contributed by atoms with Crippen molar-refractivity contribution in [3.63, 3.8) is 0 Å². The van der Waals surface area contributed by atoms with Crippen LogP contribution in [-0.4, -0.2) is 20.5 Å². The molecule has 0 spiro atoms. The van der Waals surface area contributed by atoms with E-state index in [2.05, 4.69) is 31.3 Å². The predicted molar refractivity (Wildman–Crippen MR) is 80.1 cm³/mol. The van der Waals surface area contributed by atoms with Crippen LogP contribution in [0.15, 0.2) is 47.2 Å². The van der Waals surface area contributed by atoms with Crippen molar-refractivity contribution in [1.29, 1.82) is 0 Å². The Morgan fingerprint density at radius 2 is 2.00 bits per heavy atom. The molecule has 3 rings (SSSR count). The average Bonchev–Trinajstić information content (AvgIpc) is 2.89. The van der Waals surface area contributed by atoms with Gasteiger partial charge in [0.15, 0.2) is 11.3 Å². The smallest absolute Gasteiger partial charge is 0.320 e. The van der Waals surface area contributed by atoms with Crippen molar-refractivity contribution in [2.24, 2.45) is 0 Å². The van der Waals surface area contributed by atoms with E-state index in [1.165, 1.54) is 35.0 Å². The summed E-state index contributed by atoms with van der Waals surface area (Å²) in [6.07, 6.45) is -1.45. The number of rotatable bonds is 2. The van der Waals surface area contributed by atoms with E-state index in [9.17, 15) is 18.0 Å². The van der Waals surface area contributed by atoms with Crippen molar-refractivity contribution in [2.45, 2.75) is 6.18 Å². The third kappa shape index (κ3) is 3.19. The lowest BCUT2D eigenvalue weighted by atomic mass is 10.1. The third-order valence-corrected chi connectivity index (χ3v) is 3.40. The number of carbonyl (C=O) groups is 1. The van der Waals surface area contributed by atoms with Gasteiger partial charge in [-0.25, -0.2) is 9.50 Å². The SMILES string of the molecule is O=C(Nc1ccccc1C(F)(F)F)c1cc2ncc(Br)cn2n1. The normalized spacial score (nSPS) is 11.7. The number of aromatic nitrogens is 3. The average molecular weight is 385 g/mol. The molecule has 0 radical (unpaired) electrons. The predicted octanol–water partition coefficient (Wildman–Crippen LogP) is 3.76. The molecule has 5 nitrogen and oxygen atoms in total. The molecule has 1 aromatic carbocycles. The minimum Gasteiger partial charge on any atom is -0.320 e. The number of fused-ring (bicyclic) bond motifs is 1. The number of carbonyl (C=O) groups excluding carboxylic acids is 1. The molecule has 0 aliphatic carbocycles. The maximum absolute atomic E-state index is 12.9. The summed E-state index contributed by atoms with van der Waals surface area (Å²) in [6, 6.07) is 6.14. The fraction of sp³-hybridized carbons (Fsp3) is 0.0714. The molecule has 1 amide bonds. The minimum atomic E-state index is -4.56. The Hall–Kier alpha value is -2.42. The van der Waals surface area contributed by atoms with Crippen LogP contribution in [0.1, 0.15) is 16.1 Å². The van der Waals surface area contributed by atoms with Crippen LogP contribution in [0.4, 0.5) is 18.9 Å². The van der Waals surface area contributed by atoms with Crippen molar-refractivity contribution in [3.8, 4) is 0 Å². The van der Waals surface area contributed by atoms with Crippen LogP contribution in [-0.2, 0) is 6.18 Å². The van der Waals surface area contributed by atoms with Crippen LogP contribution in [0.5, 0.6) is 0 Å². The molecule has 9 heteroatoms. The lowest BCUT2D eigenvalue weighted by Gasteiger charge is -2.12. The number of alkyl halides is 3. The molecule has 2 aromatic heterocycles. The van der Waals surface area contributed by atoms with Crippen molar-refractivity contribution < 1.29 is 18.0 Å². The van der Waals surface area contributed by atoms with Crippen LogP contribution in [0.3, 0.4) is 0 Å². The lowest BCUT2D eigenvalue weighted by molar-refractivity contribution is -0.136. The zero-order valence-electron chi connectivity index (χ0n) is 11.3. The van der Waals surface area contributed by atoms with Crippen LogP contribution < -0.4 is 5.32 Å². The number of nitrogens with one attached hydrogen (secondary N) is 1. The van der Waals surface area contributed by atoms with Crippen molar-refractivity contribution in [1.82, 2.24) is 14.6 Å². The summed E-state index contributed by atoms with van der Waals surface area (Å²) >= 11 is 3.21. The highest BCUT2D eigenvalue weighted by molar-refractivity contribution is 9.10. The third-order valence-electron chi connectivity index (χ3n) is 3.00. The molecule has 0 bridgehead atoms. The number of nitrogens with zero attached hydrogens (tertiary/aromatic N) is 3. The van der Waals surface area contributed by atoms with Crippen LogP contribution in [0, 0.1) is 0 Å². The van der Waals surface area contributed by atoms with E-state index in [1.807, 2.05) is 0 Å². The van der Waals surface area contributed by atoms with Gasteiger partial charge in [0.1, 0.15) is 0 Å². The van der Waals surface area contributed by atoms with E-state index in [0.29, 0.717) is 10.1 Å². The molecular weight excluding hydrogens is 377 g/mol. The van der Waals surface area contributed by atoms with Gasteiger partial charge in [-0.15, -0.1) is 0 Å². The van der Waals surface area contributed by atoms with Crippen molar-refractivity contribution >= 4 is 33.2 Å². The molecular formula is C14H8BrF3N4O. The summed E-state index contributed by atoms with van der Waals surface area (Å²) in [5.74, 6) is -0.747. The number of benzene rings is 1. The van der Waals surface area contributed by atoms with Gasteiger partial charge in [0, 0.05) is 18.5 Å². The maximum atomic E-state index is 12.9. The topological polar surface area (TPSA) is 59.3 Å². The number of amides is 1. The van der Waals surface area contributed by atoms with E-state index in [4.69, 9.17) is 0 Å². The highest BCUT2D eigenvalue weighted by Gasteiger charge is 2.33. The minimum absolute atomic E-state index is 0.0347. The first-order chi connectivity index (χ1) is 10.8. The van der Waals surface area contributed by atoms with Gasteiger partial charge in [-0.3, -0.25) is 4.79 Å². The van der Waals surface area contributed by atoms with Gasteiger partial charge in [-0.05, 0) is 28.1 Å². The quantitative estimate of drug-likeness (QED) is 0.731. The molecule has 0 aliphatic rings. The summed E-state index contributed by atoms with van der Waals surface area (Å²) in [4.78, 5) is 16.2. The summed E-state index contributed by atoms with van der Waals surface area (Å²) in [5.41, 5.74) is -0.871. The van der Waals surface area contributed by atoms with Gasteiger partial charge in [-0.1, -0.05) is 12.1 Å². The number of hydrogen-bond donors (Lipinski definition) is 1. The van der Waals surface area contributed by atoms with Gasteiger partial charge >= 0.3 is 6.18 Å². The monoisotopic (exact) mass is 384 g/mol. The van der Waals surface area contributed by atoms with E-state index in [0.717, 1.165) is 6.07 Å². The van der Waals surface area contributed by atoms with E-state index in [1.54, 1.807) is 6.20 Å². The zero-order chi connectivity index (χ0) is 16.6. The Balaban J connectivity index is 1.92. The molecule has 2 heterocycles. The van der Waals surface area contributed by atoms with Crippen LogP contribution in [0.25, 0.3) is 5.65 Å². The Bertz CT molecular complexity index is 891.